The number of amides is 1. The number of carbonyl (C=O) groups is 1. The summed E-state index contributed by atoms with van der Waals surface area (Å²) in [6, 6.07) is 7.41. The van der Waals surface area contributed by atoms with Crippen LogP contribution in [-0.4, -0.2) is 43.0 Å². The van der Waals surface area contributed by atoms with Crippen LogP contribution in [0.15, 0.2) is 24.3 Å². The number of hydrogen-bond donors (Lipinski definition) is 2. The van der Waals surface area contributed by atoms with Gasteiger partial charge in [0.1, 0.15) is 11.4 Å². The van der Waals surface area contributed by atoms with E-state index in [0.717, 1.165) is 5.56 Å². The molecule has 5 heteroatoms. The number of hydrogen-bond acceptors (Lipinski definition) is 4. The van der Waals surface area contributed by atoms with Gasteiger partial charge in [0.05, 0.1) is 19.6 Å². The molecule has 1 aromatic rings. The second-order valence-corrected chi connectivity index (χ2v) is 5.13. The van der Waals surface area contributed by atoms with Crippen LogP contribution < -0.4 is 10.1 Å². The van der Waals surface area contributed by atoms with Crippen molar-refractivity contribution in [1.29, 1.82) is 0 Å². The molecule has 0 bridgehead atoms. The van der Waals surface area contributed by atoms with Gasteiger partial charge in [-0.15, -0.1) is 0 Å². The van der Waals surface area contributed by atoms with E-state index in [1.165, 1.54) is 0 Å². The first-order chi connectivity index (χ1) is 9.55. The summed E-state index contributed by atoms with van der Waals surface area (Å²) in [4.78, 5) is 12.0. The summed E-state index contributed by atoms with van der Waals surface area (Å²) >= 11 is 0. The van der Waals surface area contributed by atoms with Crippen LogP contribution in [0.3, 0.4) is 0 Å². The van der Waals surface area contributed by atoms with Gasteiger partial charge >= 0.3 is 0 Å². The molecule has 1 saturated heterocycles. The molecule has 2 atom stereocenters. The van der Waals surface area contributed by atoms with Crippen LogP contribution in [0.5, 0.6) is 5.75 Å². The molecule has 5 nitrogen and oxygen atoms in total. The van der Waals surface area contributed by atoms with Crippen LogP contribution in [-0.2, 0) is 16.0 Å². The Balaban J connectivity index is 1.90. The van der Waals surface area contributed by atoms with Gasteiger partial charge < -0.3 is 19.9 Å². The van der Waals surface area contributed by atoms with Gasteiger partial charge in [-0.1, -0.05) is 18.2 Å². The number of benzene rings is 1. The van der Waals surface area contributed by atoms with Crippen molar-refractivity contribution in [2.45, 2.75) is 31.5 Å². The van der Waals surface area contributed by atoms with Gasteiger partial charge in [-0.2, -0.15) is 0 Å². The highest BCUT2D eigenvalue weighted by Crippen LogP contribution is 2.24. The maximum Gasteiger partial charge on any atom is 0.224 e. The van der Waals surface area contributed by atoms with Crippen molar-refractivity contribution in [3.05, 3.63) is 29.8 Å². The fourth-order valence-corrected chi connectivity index (χ4v) is 2.34. The number of carbonyl (C=O) groups excluding carboxylic acids is 1. The molecule has 1 amide bonds. The zero-order chi connectivity index (χ0) is 14.6. The lowest BCUT2D eigenvalue weighted by atomic mass is 9.96. The first-order valence-electron chi connectivity index (χ1n) is 6.78. The van der Waals surface area contributed by atoms with Crippen LogP contribution in [0.25, 0.3) is 0 Å². The number of rotatable bonds is 5. The molecule has 0 radical (unpaired) electrons. The van der Waals surface area contributed by atoms with E-state index in [2.05, 4.69) is 5.32 Å². The summed E-state index contributed by atoms with van der Waals surface area (Å²) in [6.45, 7) is 2.56. The van der Waals surface area contributed by atoms with Gasteiger partial charge in [0.2, 0.25) is 5.91 Å². The number of ether oxygens (including phenoxy) is 2. The Kier molecular flexibility index (Phi) is 4.62. The Morgan fingerprint density at radius 2 is 2.30 bits per heavy atom. The topological polar surface area (TPSA) is 67.8 Å². The van der Waals surface area contributed by atoms with E-state index in [-0.39, 0.29) is 25.0 Å². The second-order valence-electron chi connectivity index (χ2n) is 5.13. The van der Waals surface area contributed by atoms with E-state index in [0.29, 0.717) is 18.8 Å². The Labute approximate surface area is 118 Å². The average molecular weight is 279 g/mol. The molecular weight excluding hydrogens is 258 g/mol. The van der Waals surface area contributed by atoms with Gasteiger partial charge in [0.25, 0.3) is 0 Å². The number of aliphatic hydroxyl groups is 1. The molecule has 1 aliphatic rings. The fraction of sp³-hybridized carbons (Fsp3) is 0.533. The molecule has 0 spiro atoms. The zero-order valence-electron chi connectivity index (χ0n) is 11.9. The fourth-order valence-electron chi connectivity index (χ4n) is 2.34. The summed E-state index contributed by atoms with van der Waals surface area (Å²) in [7, 11) is 1.58. The minimum Gasteiger partial charge on any atom is -0.496 e. The van der Waals surface area contributed by atoms with Crippen molar-refractivity contribution >= 4 is 5.91 Å². The van der Waals surface area contributed by atoms with Crippen LogP contribution in [0, 0.1) is 0 Å². The number of para-hydroxylation sites is 1. The van der Waals surface area contributed by atoms with E-state index in [1.807, 2.05) is 31.2 Å². The van der Waals surface area contributed by atoms with E-state index >= 15 is 0 Å². The molecule has 1 aliphatic heterocycles. The van der Waals surface area contributed by atoms with Crippen LogP contribution >= 0.6 is 0 Å². The molecule has 1 fully saturated rings. The molecule has 2 N–H and O–H groups in total. The van der Waals surface area contributed by atoms with Crippen molar-refractivity contribution in [2.75, 3.05) is 20.3 Å². The maximum atomic E-state index is 12.0. The first kappa shape index (κ1) is 14.8. The molecule has 2 unspecified atom stereocenters. The van der Waals surface area contributed by atoms with Gasteiger partial charge in [0.15, 0.2) is 0 Å². The van der Waals surface area contributed by atoms with Crippen molar-refractivity contribution in [3.63, 3.8) is 0 Å². The number of methoxy groups -OCH3 is 1. The first-order valence-corrected chi connectivity index (χ1v) is 6.78. The highest BCUT2D eigenvalue weighted by atomic mass is 16.5. The molecule has 0 saturated carbocycles. The van der Waals surface area contributed by atoms with Gasteiger partial charge in [-0.05, 0) is 13.0 Å². The molecule has 1 heterocycles. The van der Waals surface area contributed by atoms with Crippen LogP contribution in [0.4, 0.5) is 0 Å². The molecule has 2 rings (SSSR count). The Morgan fingerprint density at radius 1 is 1.55 bits per heavy atom. The standard InChI is InChI=1S/C15H21NO4/c1-11-15(18,7-8-20-11)10-16-14(17)9-12-5-3-4-6-13(12)19-2/h3-6,11,18H,7-10H2,1-2H3,(H,16,17). The van der Waals surface area contributed by atoms with Gasteiger partial charge in [-0.3, -0.25) is 4.79 Å². The molecule has 0 aromatic heterocycles. The van der Waals surface area contributed by atoms with Crippen LogP contribution in [0.2, 0.25) is 0 Å². The predicted molar refractivity (Wildman–Crippen MR) is 74.7 cm³/mol. The minimum absolute atomic E-state index is 0.137. The molecule has 1 aromatic carbocycles. The third kappa shape index (κ3) is 3.29. The maximum absolute atomic E-state index is 12.0. The SMILES string of the molecule is COc1ccccc1CC(=O)NCC1(O)CCOC1C. The number of nitrogens with one attached hydrogen (secondary N) is 1. The smallest absolute Gasteiger partial charge is 0.224 e. The highest BCUT2D eigenvalue weighted by molar-refractivity contribution is 5.79. The summed E-state index contributed by atoms with van der Waals surface area (Å²) in [6.07, 6.45) is 0.521. The molecule has 0 aliphatic carbocycles. The van der Waals surface area contributed by atoms with E-state index < -0.39 is 5.60 Å². The van der Waals surface area contributed by atoms with Crippen molar-refractivity contribution in [1.82, 2.24) is 5.32 Å². The summed E-state index contributed by atoms with van der Waals surface area (Å²) < 4.78 is 10.5. The van der Waals surface area contributed by atoms with Crippen molar-refractivity contribution in [2.24, 2.45) is 0 Å². The normalized spacial score (nSPS) is 25.4. The Hall–Kier alpha value is -1.59. The van der Waals surface area contributed by atoms with E-state index in [1.54, 1.807) is 7.11 Å². The Morgan fingerprint density at radius 3 is 2.95 bits per heavy atom. The van der Waals surface area contributed by atoms with E-state index in [9.17, 15) is 9.90 Å². The average Bonchev–Trinajstić information content (AvgIpc) is 2.78. The molecule has 110 valence electrons. The third-order valence-electron chi connectivity index (χ3n) is 3.79. The van der Waals surface area contributed by atoms with E-state index in [4.69, 9.17) is 9.47 Å². The molecule has 20 heavy (non-hydrogen) atoms. The zero-order valence-corrected chi connectivity index (χ0v) is 11.9. The monoisotopic (exact) mass is 279 g/mol. The van der Waals surface area contributed by atoms with Gasteiger partial charge in [-0.25, -0.2) is 0 Å². The molecular formula is C15H21NO4. The van der Waals surface area contributed by atoms with Crippen molar-refractivity contribution in [3.8, 4) is 5.75 Å². The summed E-state index contributed by atoms with van der Waals surface area (Å²) in [5.74, 6) is 0.556. The summed E-state index contributed by atoms with van der Waals surface area (Å²) in [5.41, 5.74) is -0.133. The largest absolute Gasteiger partial charge is 0.496 e. The predicted octanol–water partition coefficient (Wildman–Crippen LogP) is 0.894. The Bertz CT molecular complexity index is 477. The third-order valence-corrected chi connectivity index (χ3v) is 3.79. The van der Waals surface area contributed by atoms with Crippen molar-refractivity contribution < 1.29 is 19.4 Å². The summed E-state index contributed by atoms with van der Waals surface area (Å²) in [5, 5.41) is 13.1. The second kappa shape index (κ2) is 6.24. The minimum atomic E-state index is -0.962. The lowest BCUT2D eigenvalue weighted by Gasteiger charge is -2.26. The lowest BCUT2D eigenvalue weighted by molar-refractivity contribution is -0.122. The van der Waals surface area contributed by atoms with Crippen LogP contribution in [0.1, 0.15) is 18.9 Å². The van der Waals surface area contributed by atoms with Gasteiger partial charge in [0, 0.05) is 25.1 Å². The lowest BCUT2D eigenvalue weighted by Crippen LogP contribution is -2.47. The highest BCUT2D eigenvalue weighted by Gasteiger charge is 2.39. The quantitative estimate of drug-likeness (QED) is 0.840.